The fourth-order valence-corrected chi connectivity index (χ4v) is 3.30. The summed E-state index contributed by atoms with van der Waals surface area (Å²) in [6.07, 6.45) is -0.260. The summed E-state index contributed by atoms with van der Waals surface area (Å²) in [5, 5.41) is 12.3. The van der Waals surface area contributed by atoms with Crippen LogP contribution in [0.1, 0.15) is 24.0 Å². The highest BCUT2D eigenvalue weighted by atomic mass is 19.3. The molecule has 148 valence electrons. The summed E-state index contributed by atoms with van der Waals surface area (Å²) in [4.78, 5) is 23.7. The zero-order chi connectivity index (χ0) is 20.1. The van der Waals surface area contributed by atoms with E-state index in [-0.39, 0.29) is 31.2 Å². The summed E-state index contributed by atoms with van der Waals surface area (Å²) < 4.78 is 33.9. The number of rotatable bonds is 7. The maximum atomic E-state index is 12.2. The van der Waals surface area contributed by atoms with E-state index in [1.165, 1.54) is 24.3 Å². The molecule has 6 nitrogen and oxygen atoms in total. The second-order valence-electron chi connectivity index (χ2n) is 6.60. The lowest BCUT2D eigenvalue weighted by Crippen LogP contribution is -2.57. The van der Waals surface area contributed by atoms with Crippen LogP contribution >= 0.6 is 0 Å². The fraction of sp³-hybridized carbons (Fsp3) is 0.300. The number of nitrogens with one attached hydrogen (secondary N) is 1. The van der Waals surface area contributed by atoms with Crippen molar-refractivity contribution in [2.24, 2.45) is 0 Å². The summed E-state index contributed by atoms with van der Waals surface area (Å²) >= 11 is 0. The molecule has 1 amide bonds. The van der Waals surface area contributed by atoms with Gasteiger partial charge in [-0.1, -0.05) is 42.5 Å². The van der Waals surface area contributed by atoms with Crippen molar-refractivity contribution in [1.82, 2.24) is 5.32 Å². The Balaban J connectivity index is 1.56. The Kier molecular flexibility index (Phi) is 5.77. The summed E-state index contributed by atoms with van der Waals surface area (Å²) in [5.41, 5.74) is 0.135. The highest BCUT2D eigenvalue weighted by Crippen LogP contribution is 2.44. The molecule has 0 aromatic heterocycles. The molecule has 1 saturated carbocycles. The van der Waals surface area contributed by atoms with E-state index >= 15 is 0 Å². The molecule has 1 aliphatic rings. The standard InChI is InChI=1S/C20H19F2NO5/c21-18(22)28-16-8-6-14(7-9-16)20(17(24)25)10-15(11-20)23-19(26)27-12-13-4-2-1-3-5-13/h1-9,15,18H,10-12H2,(H,23,26)(H,24,25). The minimum absolute atomic E-state index is 0.0437. The van der Waals surface area contributed by atoms with Gasteiger partial charge in [0, 0.05) is 6.04 Å². The van der Waals surface area contributed by atoms with Crippen LogP contribution in [0.4, 0.5) is 13.6 Å². The first kappa shape index (κ1) is 19.6. The van der Waals surface area contributed by atoms with Gasteiger partial charge >= 0.3 is 18.7 Å². The largest absolute Gasteiger partial charge is 0.481 e. The number of alkyl carbamates (subject to hydrolysis) is 1. The molecule has 2 aromatic carbocycles. The lowest BCUT2D eigenvalue weighted by Gasteiger charge is -2.44. The van der Waals surface area contributed by atoms with Crippen LogP contribution in [0.3, 0.4) is 0 Å². The molecule has 0 saturated heterocycles. The fourth-order valence-electron chi connectivity index (χ4n) is 3.30. The number of ether oxygens (including phenoxy) is 2. The lowest BCUT2D eigenvalue weighted by atomic mass is 9.61. The van der Waals surface area contributed by atoms with Gasteiger partial charge in [0.15, 0.2) is 0 Å². The van der Waals surface area contributed by atoms with E-state index in [2.05, 4.69) is 10.1 Å². The number of hydrogen-bond acceptors (Lipinski definition) is 4. The predicted octanol–water partition coefficient (Wildman–Crippen LogP) is 3.70. The Bertz CT molecular complexity index is 820. The molecule has 1 aliphatic carbocycles. The third-order valence-electron chi connectivity index (χ3n) is 4.77. The van der Waals surface area contributed by atoms with E-state index in [0.29, 0.717) is 5.56 Å². The quantitative estimate of drug-likeness (QED) is 0.752. The van der Waals surface area contributed by atoms with Crippen molar-refractivity contribution in [3.8, 4) is 5.75 Å². The monoisotopic (exact) mass is 391 g/mol. The van der Waals surface area contributed by atoms with Crippen LogP contribution < -0.4 is 10.1 Å². The molecular formula is C20H19F2NO5. The SMILES string of the molecule is O=C(NC1CC(C(=O)O)(c2ccc(OC(F)F)cc2)C1)OCc1ccccc1. The summed E-state index contributed by atoms with van der Waals surface area (Å²) in [6.45, 7) is -2.83. The lowest BCUT2D eigenvalue weighted by molar-refractivity contribution is -0.148. The van der Waals surface area contributed by atoms with Gasteiger partial charge < -0.3 is 19.9 Å². The molecule has 28 heavy (non-hydrogen) atoms. The summed E-state index contributed by atoms with van der Waals surface area (Å²) in [6, 6.07) is 14.4. The van der Waals surface area contributed by atoms with Crippen LogP contribution in [0.2, 0.25) is 0 Å². The Morgan fingerprint density at radius 2 is 1.75 bits per heavy atom. The first-order valence-electron chi connectivity index (χ1n) is 8.65. The van der Waals surface area contributed by atoms with E-state index in [1.54, 1.807) is 0 Å². The molecule has 1 fully saturated rings. The molecule has 3 rings (SSSR count). The molecule has 2 N–H and O–H groups in total. The number of benzene rings is 2. The van der Waals surface area contributed by atoms with E-state index < -0.39 is 24.1 Å². The van der Waals surface area contributed by atoms with Crippen molar-refractivity contribution in [1.29, 1.82) is 0 Å². The second kappa shape index (κ2) is 8.24. The number of carbonyl (C=O) groups is 2. The molecule has 0 spiro atoms. The second-order valence-corrected chi connectivity index (χ2v) is 6.60. The molecule has 0 unspecified atom stereocenters. The average Bonchev–Trinajstić information content (AvgIpc) is 2.63. The number of carboxylic acid groups (broad SMARTS) is 1. The van der Waals surface area contributed by atoms with Gasteiger partial charge in [-0.15, -0.1) is 0 Å². The first-order valence-corrected chi connectivity index (χ1v) is 8.65. The number of halogens is 2. The van der Waals surface area contributed by atoms with E-state index in [9.17, 15) is 23.5 Å². The maximum absolute atomic E-state index is 12.2. The number of hydrogen-bond donors (Lipinski definition) is 2. The highest BCUT2D eigenvalue weighted by Gasteiger charge is 2.52. The van der Waals surface area contributed by atoms with E-state index in [4.69, 9.17) is 4.74 Å². The van der Waals surface area contributed by atoms with Gasteiger partial charge in [-0.25, -0.2) is 4.79 Å². The van der Waals surface area contributed by atoms with Crippen LogP contribution in [-0.2, 0) is 21.6 Å². The van der Waals surface area contributed by atoms with Gasteiger partial charge in [0.05, 0.1) is 5.41 Å². The number of amides is 1. The first-order chi connectivity index (χ1) is 13.4. The predicted molar refractivity (Wildman–Crippen MR) is 95.2 cm³/mol. The minimum atomic E-state index is -2.95. The molecule has 0 heterocycles. The highest BCUT2D eigenvalue weighted by molar-refractivity contribution is 5.83. The zero-order valence-electron chi connectivity index (χ0n) is 14.8. The van der Waals surface area contributed by atoms with E-state index in [0.717, 1.165) is 5.56 Å². The molecular weight excluding hydrogens is 372 g/mol. The Hall–Kier alpha value is -3.16. The normalized spacial score (nSPS) is 20.9. The number of carbonyl (C=O) groups excluding carboxylic acids is 1. The molecule has 0 radical (unpaired) electrons. The Labute approximate surface area is 160 Å². The van der Waals surface area contributed by atoms with Crippen molar-refractivity contribution < 1.29 is 33.0 Å². The van der Waals surface area contributed by atoms with Gasteiger partial charge in [0.25, 0.3) is 0 Å². The average molecular weight is 391 g/mol. The smallest absolute Gasteiger partial charge is 0.407 e. The molecule has 8 heteroatoms. The van der Waals surface area contributed by atoms with Crippen molar-refractivity contribution in [2.75, 3.05) is 0 Å². The van der Waals surface area contributed by atoms with Crippen LogP contribution in [-0.4, -0.2) is 29.8 Å². The molecule has 0 aliphatic heterocycles. The number of alkyl halides is 2. The zero-order valence-corrected chi connectivity index (χ0v) is 14.8. The topological polar surface area (TPSA) is 84.9 Å². The number of carboxylic acids is 1. The van der Waals surface area contributed by atoms with Crippen LogP contribution in [0.15, 0.2) is 54.6 Å². The Morgan fingerprint density at radius 1 is 1.11 bits per heavy atom. The van der Waals surface area contributed by atoms with Gasteiger partial charge in [-0.05, 0) is 36.1 Å². The van der Waals surface area contributed by atoms with Crippen LogP contribution in [0.5, 0.6) is 5.75 Å². The Morgan fingerprint density at radius 3 is 2.32 bits per heavy atom. The molecule has 0 bridgehead atoms. The van der Waals surface area contributed by atoms with Crippen molar-refractivity contribution >= 4 is 12.1 Å². The van der Waals surface area contributed by atoms with Gasteiger partial charge in [-0.2, -0.15) is 8.78 Å². The van der Waals surface area contributed by atoms with E-state index in [1.807, 2.05) is 30.3 Å². The van der Waals surface area contributed by atoms with Crippen LogP contribution in [0, 0.1) is 0 Å². The summed E-state index contributed by atoms with van der Waals surface area (Å²) in [7, 11) is 0. The van der Waals surface area contributed by atoms with Gasteiger partial charge in [0.1, 0.15) is 12.4 Å². The third-order valence-corrected chi connectivity index (χ3v) is 4.77. The van der Waals surface area contributed by atoms with Crippen molar-refractivity contribution in [3.05, 3.63) is 65.7 Å². The maximum Gasteiger partial charge on any atom is 0.407 e. The molecule has 2 aromatic rings. The summed E-state index contributed by atoms with van der Waals surface area (Å²) in [5.74, 6) is -1.08. The van der Waals surface area contributed by atoms with Gasteiger partial charge in [-0.3, -0.25) is 4.79 Å². The molecule has 0 atom stereocenters. The van der Waals surface area contributed by atoms with Crippen molar-refractivity contribution in [2.45, 2.75) is 37.5 Å². The van der Waals surface area contributed by atoms with Crippen LogP contribution in [0.25, 0.3) is 0 Å². The minimum Gasteiger partial charge on any atom is -0.481 e. The van der Waals surface area contributed by atoms with Crippen molar-refractivity contribution in [3.63, 3.8) is 0 Å². The van der Waals surface area contributed by atoms with Gasteiger partial charge in [0.2, 0.25) is 0 Å². The third kappa shape index (κ3) is 4.39. The number of aliphatic carboxylic acids is 1.